The minimum atomic E-state index is 0.00806. The van der Waals surface area contributed by atoms with Crippen molar-refractivity contribution in [1.82, 2.24) is 0 Å². The molecule has 1 atom stereocenters. The van der Waals surface area contributed by atoms with Gasteiger partial charge in [-0.1, -0.05) is 30.4 Å². The average molecular weight is 141 g/mol. The first-order valence-corrected chi connectivity index (χ1v) is 3.33. The van der Waals surface area contributed by atoms with Crippen LogP contribution in [0.1, 0.15) is 6.92 Å². The van der Waals surface area contributed by atoms with E-state index < -0.39 is 0 Å². The van der Waals surface area contributed by atoms with Crippen molar-refractivity contribution in [1.29, 1.82) is 0 Å². The molecule has 0 aromatic rings. The molecule has 0 amide bonds. The topological polar surface area (TPSA) is 0 Å². The summed E-state index contributed by atoms with van der Waals surface area (Å²) in [6.07, 6.45) is 5.95. The van der Waals surface area contributed by atoms with Gasteiger partial charge >= 0.3 is 0 Å². The Labute approximate surface area is 60.5 Å². The van der Waals surface area contributed by atoms with Crippen molar-refractivity contribution >= 4 is 11.6 Å². The summed E-state index contributed by atoms with van der Waals surface area (Å²) in [5.41, 5.74) is 2.20. The lowest BCUT2D eigenvalue weighted by atomic mass is 10.0. The molecule has 0 heterocycles. The fourth-order valence-electron chi connectivity index (χ4n) is 0.780. The summed E-state index contributed by atoms with van der Waals surface area (Å²) in [7, 11) is 0. The molecule has 0 nitrogen and oxygen atoms in total. The molecule has 0 saturated heterocycles. The van der Waals surface area contributed by atoms with Gasteiger partial charge in [-0.3, -0.25) is 0 Å². The summed E-state index contributed by atoms with van der Waals surface area (Å²) < 4.78 is 0. The summed E-state index contributed by atoms with van der Waals surface area (Å²) in [6.45, 7) is 5.82. The molecule has 1 aliphatic rings. The number of allylic oxidation sites excluding steroid dienone is 5. The van der Waals surface area contributed by atoms with Crippen LogP contribution in [0.5, 0.6) is 0 Å². The van der Waals surface area contributed by atoms with Crippen molar-refractivity contribution in [2.75, 3.05) is 0 Å². The van der Waals surface area contributed by atoms with Crippen LogP contribution in [0.2, 0.25) is 0 Å². The van der Waals surface area contributed by atoms with Crippen LogP contribution in [0.3, 0.4) is 0 Å². The Morgan fingerprint density at radius 1 is 1.67 bits per heavy atom. The molecular weight excluding hydrogens is 132 g/mol. The van der Waals surface area contributed by atoms with Crippen LogP contribution >= 0.6 is 11.6 Å². The second-order valence-corrected chi connectivity index (χ2v) is 2.69. The summed E-state index contributed by atoms with van der Waals surface area (Å²) in [6, 6.07) is 0. The first-order valence-electron chi connectivity index (χ1n) is 2.89. The van der Waals surface area contributed by atoms with Gasteiger partial charge in [0.05, 0.1) is 5.38 Å². The lowest BCUT2D eigenvalue weighted by Crippen LogP contribution is -1.99. The predicted octanol–water partition coefficient (Wildman–Crippen LogP) is 2.67. The minimum Gasteiger partial charge on any atom is -0.113 e. The van der Waals surface area contributed by atoms with E-state index in [1.807, 2.05) is 25.2 Å². The van der Waals surface area contributed by atoms with Gasteiger partial charge < -0.3 is 0 Å². The molecule has 0 aliphatic heterocycles. The van der Waals surface area contributed by atoms with Crippen molar-refractivity contribution < 1.29 is 0 Å². The Bertz CT molecular complexity index is 187. The van der Waals surface area contributed by atoms with Gasteiger partial charge in [0, 0.05) is 0 Å². The molecule has 0 radical (unpaired) electrons. The number of rotatable bonds is 0. The van der Waals surface area contributed by atoms with E-state index in [1.165, 1.54) is 5.57 Å². The van der Waals surface area contributed by atoms with Crippen molar-refractivity contribution in [3.05, 3.63) is 36.0 Å². The van der Waals surface area contributed by atoms with Crippen LogP contribution in [0, 0.1) is 0 Å². The normalized spacial score (nSPS) is 26.2. The van der Waals surface area contributed by atoms with E-state index in [1.54, 1.807) is 0 Å². The third kappa shape index (κ3) is 1.46. The Hall–Kier alpha value is -0.490. The molecular formula is C8H9Cl. The maximum absolute atomic E-state index is 5.80. The van der Waals surface area contributed by atoms with Gasteiger partial charge in [0.25, 0.3) is 0 Å². The van der Waals surface area contributed by atoms with Crippen molar-refractivity contribution in [2.45, 2.75) is 12.3 Å². The van der Waals surface area contributed by atoms with Crippen molar-refractivity contribution in [3.63, 3.8) is 0 Å². The van der Waals surface area contributed by atoms with Gasteiger partial charge in [-0.2, -0.15) is 0 Å². The van der Waals surface area contributed by atoms with Gasteiger partial charge in [-0.25, -0.2) is 0 Å². The van der Waals surface area contributed by atoms with Gasteiger partial charge in [0.1, 0.15) is 0 Å². The Morgan fingerprint density at radius 3 is 2.78 bits per heavy atom. The summed E-state index contributed by atoms with van der Waals surface area (Å²) in [5.74, 6) is 0. The highest BCUT2D eigenvalue weighted by molar-refractivity contribution is 6.24. The first kappa shape index (κ1) is 6.63. The van der Waals surface area contributed by atoms with Gasteiger partial charge in [0.2, 0.25) is 0 Å². The third-order valence-electron chi connectivity index (χ3n) is 1.30. The fraction of sp³-hybridized carbons (Fsp3) is 0.250. The third-order valence-corrected chi connectivity index (χ3v) is 1.72. The van der Waals surface area contributed by atoms with Crippen LogP contribution in [-0.2, 0) is 0 Å². The number of hydrogen-bond acceptors (Lipinski definition) is 0. The number of alkyl halides is 1. The number of hydrogen-bond donors (Lipinski definition) is 0. The molecule has 1 aliphatic carbocycles. The molecule has 0 fully saturated rings. The molecule has 0 aromatic heterocycles. The second kappa shape index (κ2) is 2.40. The SMILES string of the molecule is C=C1C=C(C)C=CC1Cl. The minimum absolute atomic E-state index is 0.00806. The molecule has 1 rings (SSSR count). The molecule has 0 aromatic carbocycles. The molecule has 0 N–H and O–H groups in total. The zero-order valence-corrected chi connectivity index (χ0v) is 6.15. The maximum atomic E-state index is 5.80. The molecule has 0 spiro atoms. The van der Waals surface area contributed by atoms with Gasteiger partial charge in [0.15, 0.2) is 0 Å². The largest absolute Gasteiger partial charge is 0.113 e. The lowest BCUT2D eigenvalue weighted by Gasteiger charge is -2.09. The molecule has 0 saturated carbocycles. The molecule has 1 unspecified atom stereocenters. The lowest BCUT2D eigenvalue weighted by molar-refractivity contribution is 1.24. The maximum Gasteiger partial charge on any atom is 0.0763 e. The van der Waals surface area contributed by atoms with Crippen LogP contribution in [0.15, 0.2) is 36.0 Å². The van der Waals surface area contributed by atoms with E-state index in [2.05, 4.69) is 6.58 Å². The van der Waals surface area contributed by atoms with E-state index in [4.69, 9.17) is 11.6 Å². The van der Waals surface area contributed by atoms with E-state index >= 15 is 0 Å². The Balaban J connectivity index is 2.82. The fourth-order valence-corrected chi connectivity index (χ4v) is 0.916. The van der Waals surface area contributed by atoms with E-state index in [0.717, 1.165) is 5.57 Å². The van der Waals surface area contributed by atoms with Crippen molar-refractivity contribution in [2.24, 2.45) is 0 Å². The molecule has 9 heavy (non-hydrogen) atoms. The molecule has 1 heteroatoms. The smallest absolute Gasteiger partial charge is 0.0763 e. The number of halogens is 1. The summed E-state index contributed by atoms with van der Waals surface area (Å²) >= 11 is 5.80. The highest BCUT2D eigenvalue weighted by Crippen LogP contribution is 2.18. The van der Waals surface area contributed by atoms with Crippen LogP contribution in [-0.4, -0.2) is 5.38 Å². The predicted molar refractivity (Wildman–Crippen MR) is 41.7 cm³/mol. The second-order valence-electron chi connectivity index (χ2n) is 2.22. The Kier molecular flexibility index (Phi) is 1.77. The van der Waals surface area contributed by atoms with E-state index in [-0.39, 0.29) is 5.38 Å². The molecule has 0 bridgehead atoms. The van der Waals surface area contributed by atoms with Crippen LogP contribution in [0.4, 0.5) is 0 Å². The summed E-state index contributed by atoms with van der Waals surface area (Å²) in [5, 5.41) is 0.00806. The highest BCUT2D eigenvalue weighted by Gasteiger charge is 2.05. The quantitative estimate of drug-likeness (QED) is 0.454. The monoisotopic (exact) mass is 140 g/mol. The van der Waals surface area contributed by atoms with E-state index in [9.17, 15) is 0 Å². The zero-order chi connectivity index (χ0) is 6.85. The standard InChI is InChI=1S/C8H9Cl/c1-6-3-4-8(9)7(2)5-6/h3-5,8H,2H2,1H3. The average Bonchev–Trinajstić information content (AvgIpc) is 1.80. The first-order chi connectivity index (χ1) is 4.20. The van der Waals surface area contributed by atoms with Crippen molar-refractivity contribution in [3.8, 4) is 0 Å². The van der Waals surface area contributed by atoms with Gasteiger partial charge in [-0.05, 0) is 12.5 Å². The highest BCUT2D eigenvalue weighted by atomic mass is 35.5. The van der Waals surface area contributed by atoms with Gasteiger partial charge in [-0.15, -0.1) is 11.6 Å². The van der Waals surface area contributed by atoms with E-state index in [0.29, 0.717) is 0 Å². The Morgan fingerprint density at radius 2 is 2.33 bits per heavy atom. The summed E-state index contributed by atoms with van der Waals surface area (Å²) in [4.78, 5) is 0. The van der Waals surface area contributed by atoms with Crippen LogP contribution in [0.25, 0.3) is 0 Å². The zero-order valence-electron chi connectivity index (χ0n) is 5.39. The van der Waals surface area contributed by atoms with Crippen LogP contribution < -0.4 is 0 Å². The molecule has 48 valence electrons.